The molecule has 0 aromatic rings. The van der Waals surface area contributed by atoms with Crippen molar-refractivity contribution in [2.75, 3.05) is 0 Å². The molecule has 0 aromatic heterocycles. The average Bonchev–Trinajstić information content (AvgIpc) is 1.68. The lowest BCUT2D eigenvalue weighted by Gasteiger charge is -1.82. The predicted octanol–water partition coefficient (Wildman–Crippen LogP) is 2.29. The van der Waals surface area contributed by atoms with Crippen LogP contribution in [0.2, 0.25) is 0 Å². The van der Waals surface area contributed by atoms with E-state index in [9.17, 15) is 0 Å². The van der Waals surface area contributed by atoms with Gasteiger partial charge in [-0.15, -0.1) is 0 Å². The van der Waals surface area contributed by atoms with Gasteiger partial charge in [0, 0.05) is 4.91 Å². The van der Waals surface area contributed by atoms with Crippen molar-refractivity contribution in [1.29, 1.82) is 5.26 Å². The molecule has 0 bridgehead atoms. The third-order valence-electron chi connectivity index (χ3n) is 0.529. The van der Waals surface area contributed by atoms with Crippen LogP contribution in [0.25, 0.3) is 0 Å². The third-order valence-corrected chi connectivity index (χ3v) is 1.02. The SMILES string of the molecule is C=C(/C=C\C)SC#N. The summed E-state index contributed by atoms with van der Waals surface area (Å²) >= 11 is 1.08. The van der Waals surface area contributed by atoms with Crippen LogP contribution < -0.4 is 0 Å². The zero-order valence-electron chi connectivity index (χ0n) is 4.72. The number of allylic oxidation sites excluding steroid dienone is 2. The molecule has 42 valence electrons. The minimum Gasteiger partial charge on any atom is -0.185 e. The molecular weight excluding hydrogens is 118 g/mol. The smallest absolute Gasteiger partial charge is 0.138 e. The summed E-state index contributed by atoms with van der Waals surface area (Å²) in [5.74, 6) is 0. The molecule has 0 aliphatic rings. The van der Waals surface area contributed by atoms with Gasteiger partial charge in [-0.2, -0.15) is 5.26 Å². The van der Waals surface area contributed by atoms with Gasteiger partial charge >= 0.3 is 0 Å². The second-order valence-corrected chi connectivity index (χ2v) is 2.07. The highest BCUT2D eigenvalue weighted by atomic mass is 32.2. The largest absolute Gasteiger partial charge is 0.185 e. The van der Waals surface area contributed by atoms with Crippen molar-refractivity contribution in [3.8, 4) is 5.40 Å². The van der Waals surface area contributed by atoms with Crippen LogP contribution in [-0.2, 0) is 0 Å². The lowest BCUT2D eigenvalue weighted by molar-refractivity contribution is 1.57. The molecule has 1 nitrogen and oxygen atoms in total. The van der Waals surface area contributed by atoms with Crippen molar-refractivity contribution in [3.63, 3.8) is 0 Å². The molecule has 0 N–H and O–H groups in total. The van der Waals surface area contributed by atoms with Crippen LogP contribution in [-0.4, -0.2) is 0 Å². The first-order valence-electron chi connectivity index (χ1n) is 2.18. The minimum absolute atomic E-state index is 0.787. The van der Waals surface area contributed by atoms with Gasteiger partial charge in [0.15, 0.2) is 0 Å². The molecule has 0 aliphatic carbocycles. The fourth-order valence-corrected chi connectivity index (χ4v) is 0.600. The van der Waals surface area contributed by atoms with E-state index in [4.69, 9.17) is 5.26 Å². The van der Waals surface area contributed by atoms with E-state index in [1.165, 1.54) is 0 Å². The molecule has 0 saturated heterocycles. The first-order chi connectivity index (χ1) is 3.81. The van der Waals surface area contributed by atoms with Gasteiger partial charge in [0.05, 0.1) is 0 Å². The number of rotatable bonds is 2. The maximum absolute atomic E-state index is 8.08. The van der Waals surface area contributed by atoms with E-state index in [1.54, 1.807) is 6.08 Å². The summed E-state index contributed by atoms with van der Waals surface area (Å²) in [6, 6.07) is 0. The Kier molecular flexibility index (Phi) is 4.10. The van der Waals surface area contributed by atoms with Gasteiger partial charge in [0.25, 0.3) is 0 Å². The summed E-state index contributed by atoms with van der Waals surface area (Å²) in [7, 11) is 0. The highest BCUT2D eigenvalue weighted by molar-refractivity contribution is 8.07. The van der Waals surface area contributed by atoms with Crippen molar-refractivity contribution < 1.29 is 0 Å². The van der Waals surface area contributed by atoms with Gasteiger partial charge in [-0.25, -0.2) is 0 Å². The van der Waals surface area contributed by atoms with E-state index in [0.29, 0.717) is 0 Å². The second-order valence-electron chi connectivity index (χ2n) is 1.16. The van der Waals surface area contributed by atoms with Crippen LogP contribution in [0.3, 0.4) is 0 Å². The summed E-state index contributed by atoms with van der Waals surface area (Å²) in [4.78, 5) is 0.787. The van der Waals surface area contributed by atoms with Crippen LogP contribution in [0.4, 0.5) is 0 Å². The quantitative estimate of drug-likeness (QED) is 0.417. The standard InChI is InChI=1S/C6H7NS/c1-3-4-6(2)8-5-7/h3-4H,2H2,1H3/b4-3-. The zero-order chi connectivity index (χ0) is 6.41. The number of thiocyanates is 1. The topological polar surface area (TPSA) is 23.8 Å². The number of nitriles is 1. The summed E-state index contributed by atoms with van der Waals surface area (Å²) in [5, 5.41) is 10.00. The molecule has 0 unspecified atom stereocenters. The van der Waals surface area contributed by atoms with Crippen molar-refractivity contribution in [2.24, 2.45) is 0 Å². The zero-order valence-corrected chi connectivity index (χ0v) is 5.53. The molecule has 0 amide bonds. The normalized spacial score (nSPS) is 9.00. The number of thioether (sulfide) groups is 1. The fourth-order valence-electron chi connectivity index (χ4n) is 0.279. The first-order valence-corrected chi connectivity index (χ1v) is 3.00. The Bertz CT molecular complexity index is 141. The summed E-state index contributed by atoms with van der Waals surface area (Å²) < 4.78 is 0. The lowest BCUT2D eigenvalue weighted by atomic mass is 10.5. The summed E-state index contributed by atoms with van der Waals surface area (Å²) in [5.41, 5.74) is 0. The molecule has 0 radical (unpaired) electrons. The molecule has 2 heteroatoms. The van der Waals surface area contributed by atoms with Gasteiger partial charge in [-0.1, -0.05) is 18.7 Å². The maximum Gasteiger partial charge on any atom is 0.138 e. The Morgan fingerprint density at radius 1 is 1.88 bits per heavy atom. The molecule has 0 atom stereocenters. The monoisotopic (exact) mass is 125 g/mol. The molecule has 0 rings (SSSR count). The molecular formula is C6H7NS. The maximum atomic E-state index is 8.08. The lowest BCUT2D eigenvalue weighted by Crippen LogP contribution is -1.57. The number of nitrogens with zero attached hydrogens (tertiary/aromatic N) is 1. The van der Waals surface area contributed by atoms with E-state index in [2.05, 4.69) is 6.58 Å². The van der Waals surface area contributed by atoms with Gasteiger partial charge in [0.2, 0.25) is 0 Å². The van der Waals surface area contributed by atoms with E-state index < -0.39 is 0 Å². The molecule has 0 spiro atoms. The van der Waals surface area contributed by atoms with Gasteiger partial charge in [-0.3, -0.25) is 0 Å². The molecule has 0 aromatic carbocycles. The Balaban J connectivity index is 3.53. The average molecular weight is 125 g/mol. The van der Waals surface area contributed by atoms with E-state index in [1.807, 2.05) is 18.4 Å². The Hall–Kier alpha value is -0.680. The minimum atomic E-state index is 0.787. The molecule has 0 fully saturated rings. The van der Waals surface area contributed by atoms with Crippen LogP contribution in [0.1, 0.15) is 6.92 Å². The van der Waals surface area contributed by atoms with Gasteiger partial charge in [-0.05, 0) is 18.7 Å². The number of hydrogen-bond acceptors (Lipinski definition) is 2. The molecule has 8 heavy (non-hydrogen) atoms. The van der Waals surface area contributed by atoms with Crippen molar-refractivity contribution in [1.82, 2.24) is 0 Å². The molecule has 0 aliphatic heterocycles. The van der Waals surface area contributed by atoms with Crippen molar-refractivity contribution in [3.05, 3.63) is 23.6 Å². The highest BCUT2D eigenvalue weighted by Crippen LogP contribution is 2.11. The van der Waals surface area contributed by atoms with Gasteiger partial charge in [0.1, 0.15) is 5.40 Å². The predicted molar refractivity (Wildman–Crippen MR) is 37.2 cm³/mol. The van der Waals surface area contributed by atoms with Gasteiger partial charge < -0.3 is 0 Å². The Labute approximate surface area is 53.7 Å². The second kappa shape index (κ2) is 4.48. The van der Waals surface area contributed by atoms with E-state index in [0.717, 1.165) is 16.7 Å². The van der Waals surface area contributed by atoms with Crippen LogP contribution in [0.5, 0.6) is 0 Å². The molecule has 0 saturated carbocycles. The van der Waals surface area contributed by atoms with Crippen LogP contribution in [0.15, 0.2) is 23.6 Å². The third kappa shape index (κ3) is 3.51. The molecule has 0 heterocycles. The van der Waals surface area contributed by atoms with Crippen molar-refractivity contribution >= 4 is 11.8 Å². The first kappa shape index (κ1) is 7.32. The highest BCUT2D eigenvalue weighted by Gasteiger charge is 1.81. The summed E-state index contributed by atoms with van der Waals surface area (Å²) in [6.07, 6.45) is 3.65. The van der Waals surface area contributed by atoms with Crippen LogP contribution in [0, 0.1) is 10.7 Å². The fraction of sp³-hybridized carbons (Fsp3) is 0.167. The van der Waals surface area contributed by atoms with Crippen molar-refractivity contribution in [2.45, 2.75) is 6.92 Å². The van der Waals surface area contributed by atoms with E-state index in [-0.39, 0.29) is 0 Å². The van der Waals surface area contributed by atoms with Crippen LogP contribution >= 0.6 is 11.8 Å². The Morgan fingerprint density at radius 2 is 2.50 bits per heavy atom. The summed E-state index contributed by atoms with van der Waals surface area (Å²) in [6.45, 7) is 5.48. The van der Waals surface area contributed by atoms with E-state index >= 15 is 0 Å². The Morgan fingerprint density at radius 3 is 2.88 bits per heavy atom. The number of hydrogen-bond donors (Lipinski definition) is 0.